The van der Waals surface area contributed by atoms with E-state index in [-0.39, 0.29) is 25.0 Å². The molecule has 0 aliphatic carbocycles. The van der Waals surface area contributed by atoms with Crippen LogP contribution in [0.4, 0.5) is 5.69 Å². The smallest absolute Gasteiger partial charge is 0.312 e. The Balaban J connectivity index is 1.45. The molecule has 5 rings (SSSR count). The van der Waals surface area contributed by atoms with Crippen LogP contribution < -0.4 is 5.32 Å². The summed E-state index contributed by atoms with van der Waals surface area (Å²) in [6, 6.07) is 12.8. The Morgan fingerprint density at radius 1 is 1.17 bits per heavy atom. The van der Waals surface area contributed by atoms with Crippen LogP contribution in [0.2, 0.25) is 0 Å². The first-order chi connectivity index (χ1) is 17.0. The number of fused-ring (bicyclic) bond motifs is 2. The Morgan fingerprint density at radius 3 is 2.74 bits per heavy atom. The minimum Gasteiger partial charge on any atom is -0.466 e. The molecule has 3 aliphatic heterocycles. The van der Waals surface area contributed by atoms with Gasteiger partial charge in [0.1, 0.15) is 11.6 Å². The average Bonchev–Trinajstić information content (AvgIpc) is 3.49. The minimum absolute atomic E-state index is 0.0854. The molecule has 0 aromatic heterocycles. The van der Waals surface area contributed by atoms with Gasteiger partial charge in [0.25, 0.3) is 0 Å². The highest BCUT2D eigenvalue weighted by Gasteiger charge is 2.74. The third-order valence-electron chi connectivity index (χ3n) is 7.68. The van der Waals surface area contributed by atoms with Gasteiger partial charge in [0, 0.05) is 18.8 Å². The predicted molar refractivity (Wildman–Crippen MR) is 129 cm³/mol. The van der Waals surface area contributed by atoms with Gasteiger partial charge in [-0.25, -0.2) is 0 Å². The van der Waals surface area contributed by atoms with Crippen LogP contribution in [0.1, 0.15) is 39.0 Å². The summed E-state index contributed by atoms with van der Waals surface area (Å²) in [5.74, 6) is -2.34. The number of nitrogens with one attached hydrogen (secondary N) is 1. The van der Waals surface area contributed by atoms with Gasteiger partial charge in [-0.3, -0.25) is 14.4 Å². The van der Waals surface area contributed by atoms with Crippen LogP contribution in [0.25, 0.3) is 10.8 Å². The zero-order valence-corrected chi connectivity index (χ0v) is 19.9. The number of carbonyl (C=O) groups is 3. The minimum atomic E-state index is -1.03. The third kappa shape index (κ3) is 3.98. The van der Waals surface area contributed by atoms with E-state index in [1.807, 2.05) is 42.5 Å². The third-order valence-corrected chi connectivity index (χ3v) is 7.68. The lowest BCUT2D eigenvalue weighted by Gasteiger charge is -2.33. The maximum absolute atomic E-state index is 13.8. The van der Waals surface area contributed by atoms with Crippen molar-refractivity contribution in [1.29, 1.82) is 0 Å². The highest BCUT2D eigenvalue weighted by molar-refractivity contribution is 6.04. The molecule has 2 unspecified atom stereocenters. The molecule has 3 heterocycles. The standard InChI is InChI=1S/C27H32N2O6/c1-2-34-26(33)21-20-12-13-27(35-20)22(21)25(32)29(14-6-3-7-15-30)23(27)24(31)28-19-11-10-17-8-4-5-9-18(17)16-19/h4-5,8-11,16,20-23,30H,2-3,6-7,12-15H2,1H3,(H,28,31)/t20-,21+,22-,23?,27?/m0/s1. The molecule has 2 aromatic carbocycles. The number of hydrogen-bond acceptors (Lipinski definition) is 6. The fourth-order valence-corrected chi connectivity index (χ4v) is 6.25. The number of rotatable bonds is 9. The summed E-state index contributed by atoms with van der Waals surface area (Å²) in [4.78, 5) is 41.9. The van der Waals surface area contributed by atoms with E-state index < -0.39 is 35.6 Å². The van der Waals surface area contributed by atoms with Crippen molar-refractivity contribution in [2.24, 2.45) is 11.8 Å². The van der Waals surface area contributed by atoms with Gasteiger partial charge >= 0.3 is 5.97 Å². The Morgan fingerprint density at radius 2 is 1.97 bits per heavy atom. The first kappa shape index (κ1) is 23.8. The van der Waals surface area contributed by atoms with Gasteiger partial charge < -0.3 is 24.8 Å². The summed E-state index contributed by atoms with van der Waals surface area (Å²) in [7, 11) is 0. The van der Waals surface area contributed by atoms with Crippen molar-refractivity contribution >= 4 is 34.2 Å². The predicted octanol–water partition coefficient (Wildman–Crippen LogP) is 2.88. The molecule has 3 fully saturated rings. The number of benzene rings is 2. The summed E-state index contributed by atoms with van der Waals surface area (Å²) in [6.45, 7) is 2.43. The van der Waals surface area contributed by atoms with Crippen LogP contribution >= 0.6 is 0 Å². The summed E-state index contributed by atoms with van der Waals surface area (Å²) in [6.07, 6.45) is 2.78. The fraction of sp³-hybridized carbons (Fsp3) is 0.519. The zero-order valence-electron chi connectivity index (χ0n) is 19.9. The topological polar surface area (TPSA) is 105 Å². The van der Waals surface area contributed by atoms with Gasteiger partial charge in [-0.1, -0.05) is 30.3 Å². The highest BCUT2D eigenvalue weighted by Crippen LogP contribution is 2.58. The molecule has 3 saturated heterocycles. The van der Waals surface area contributed by atoms with Gasteiger partial charge in [-0.05, 0) is 61.9 Å². The van der Waals surface area contributed by atoms with Crippen LogP contribution in [-0.4, -0.2) is 65.3 Å². The van der Waals surface area contributed by atoms with Crippen LogP contribution in [0.3, 0.4) is 0 Å². The largest absolute Gasteiger partial charge is 0.466 e. The van der Waals surface area contributed by atoms with Crippen molar-refractivity contribution in [2.75, 3.05) is 25.1 Å². The van der Waals surface area contributed by atoms with E-state index in [4.69, 9.17) is 14.6 Å². The second-order valence-corrected chi connectivity index (χ2v) is 9.68. The summed E-state index contributed by atoms with van der Waals surface area (Å²) < 4.78 is 11.7. The van der Waals surface area contributed by atoms with Gasteiger partial charge in [0.05, 0.1) is 24.5 Å². The zero-order chi connectivity index (χ0) is 24.6. The second-order valence-electron chi connectivity index (χ2n) is 9.68. The van der Waals surface area contributed by atoms with Crippen molar-refractivity contribution in [3.05, 3.63) is 42.5 Å². The first-order valence-electron chi connectivity index (χ1n) is 12.6. The normalized spacial score (nSPS) is 29.0. The van der Waals surface area contributed by atoms with Crippen molar-refractivity contribution in [3.63, 3.8) is 0 Å². The van der Waals surface area contributed by atoms with E-state index in [0.717, 1.165) is 17.2 Å². The molecular weight excluding hydrogens is 448 g/mol. The van der Waals surface area contributed by atoms with E-state index in [0.29, 0.717) is 37.9 Å². The Hall–Kier alpha value is -2.97. The average molecular weight is 481 g/mol. The van der Waals surface area contributed by atoms with Crippen molar-refractivity contribution in [2.45, 2.75) is 56.8 Å². The van der Waals surface area contributed by atoms with Crippen LogP contribution in [0.5, 0.6) is 0 Å². The molecule has 3 aliphatic rings. The molecule has 8 heteroatoms. The van der Waals surface area contributed by atoms with Crippen molar-refractivity contribution in [3.8, 4) is 0 Å². The summed E-state index contributed by atoms with van der Waals surface area (Å²) in [5.41, 5.74) is -0.382. The van der Waals surface area contributed by atoms with E-state index in [9.17, 15) is 14.4 Å². The van der Waals surface area contributed by atoms with Crippen LogP contribution in [-0.2, 0) is 23.9 Å². The fourth-order valence-electron chi connectivity index (χ4n) is 6.25. The summed E-state index contributed by atoms with van der Waals surface area (Å²) in [5, 5.41) is 14.2. The maximum atomic E-state index is 13.8. The number of carbonyl (C=O) groups excluding carboxylic acids is 3. The molecule has 0 saturated carbocycles. The monoisotopic (exact) mass is 480 g/mol. The highest BCUT2D eigenvalue weighted by atomic mass is 16.6. The van der Waals surface area contributed by atoms with Gasteiger partial charge in [0.2, 0.25) is 11.8 Å². The van der Waals surface area contributed by atoms with E-state index >= 15 is 0 Å². The molecule has 2 aromatic rings. The molecule has 8 nitrogen and oxygen atoms in total. The number of nitrogens with zero attached hydrogens (tertiary/aromatic N) is 1. The number of likely N-dealkylation sites (tertiary alicyclic amines) is 1. The molecule has 186 valence electrons. The SMILES string of the molecule is CCOC(=O)[C@@H]1[C@@H]2CCC3(O2)C(C(=O)Nc2ccc4ccccc4c2)N(CCCCCO)C(=O)[C@H]13. The lowest BCUT2D eigenvalue weighted by atomic mass is 9.71. The number of amides is 2. The van der Waals surface area contributed by atoms with Gasteiger partial charge in [0.15, 0.2) is 0 Å². The molecule has 2 N–H and O–H groups in total. The first-order valence-corrected chi connectivity index (χ1v) is 12.6. The molecule has 2 amide bonds. The molecule has 0 radical (unpaired) electrons. The van der Waals surface area contributed by atoms with E-state index in [2.05, 4.69) is 5.32 Å². The number of aliphatic hydroxyl groups excluding tert-OH is 1. The van der Waals surface area contributed by atoms with E-state index in [1.165, 1.54) is 0 Å². The Labute approximate surface area is 204 Å². The second kappa shape index (κ2) is 9.59. The Bertz CT molecular complexity index is 1140. The molecule has 5 atom stereocenters. The van der Waals surface area contributed by atoms with Crippen molar-refractivity contribution in [1.82, 2.24) is 4.90 Å². The van der Waals surface area contributed by atoms with Crippen molar-refractivity contribution < 1.29 is 29.0 Å². The van der Waals surface area contributed by atoms with Crippen LogP contribution in [0.15, 0.2) is 42.5 Å². The lowest BCUT2D eigenvalue weighted by molar-refractivity contribution is -0.154. The van der Waals surface area contributed by atoms with Gasteiger partial charge in [-0.2, -0.15) is 0 Å². The lowest BCUT2D eigenvalue weighted by Crippen LogP contribution is -2.53. The molecular formula is C27H32N2O6. The quantitative estimate of drug-likeness (QED) is 0.422. The summed E-state index contributed by atoms with van der Waals surface area (Å²) >= 11 is 0. The number of hydrogen-bond donors (Lipinski definition) is 2. The molecule has 2 bridgehead atoms. The number of esters is 1. The number of aliphatic hydroxyl groups is 1. The number of anilines is 1. The molecule has 35 heavy (non-hydrogen) atoms. The maximum Gasteiger partial charge on any atom is 0.312 e. The Kier molecular flexibility index (Phi) is 6.51. The van der Waals surface area contributed by atoms with Gasteiger partial charge in [-0.15, -0.1) is 0 Å². The van der Waals surface area contributed by atoms with E-state index in [1.54, 1.807) is 11.8 Å². The number of ether oxygens (including phenoxy) is 2. The molecule has 1 spiro atoms. The van der Waals surface area contributed by atoms with Crippen LogP contribution in [0, 0.1) is 11.8 Å². The number of unbranched alkanes of at least 4 members (excludes halogenated alkanes) is 2.